The van der Waals surface area contributed by atoms with Crippen LogP contribution in [0.5, 0.6) is 0 Å². The zero-order valence-electron chi connectivity index (χ0n) is 7.56. The van der Waals surface area contributed by atoms with Gasteiger partial charge in [0.2, 0.25) is 0 Å². The zero-order valence-corrected chi connectivity index (χ0v) is 9.96. The average molecular weight is 281 g/mol. The predicted molar refractivity (Wildman–Crippen MR) is 59.6 cm³/mol. The Balaban J connectivity index is 2.72. The third-order valence-corrected chi connectivity index (χ3v) is 3.39. The fraction of sp³-hybridized carbons (Fsp3) is 0.556. The summed E-state index contributed by atoms with van der Waals surface area (Å²) in [5.74, 6) is 0. The highest BCUT2D eigenvalue weighted by Gasteiger charge is 2.20. The van der Waals surface area contributed by atoms with Crippen LogP contribution in [0.25, 0.3) is 0 Å². The molecule has 80 valence electrons. The molecule has 0 spiro atoms. The Kier molecular flexibility index (Phi) is 5.05. The third kappa shape index (κ3) is 2.77. The molecule has 0 saturated carbocycles. The minimum atomic E-state index is -0.902. The maximum absolute atomic E-state index is 9.75. The summed E-state index contributed by atoms with van der Waals surface area (Å²) in [4.78, 5) is 0.714. The van der Waals surface area contributed by atoms with Gasteiger partial charge in [0.25, 0.3) is 0 Å². The van der Waals surface area contributed by atoms with Crippen LogP contribution in [-0.2, 0) is 6.61 Å². The summed E-state index contributed by atoms with van der Waals surface area (Å²) < 4.78 is 0. The lowest BCUT2D eigenvalue weighted by atomic mass is 10.0. The Hall–Kier alpha value is 0.0600. The van der Waals surface area contributed by atoms with Crippen molar-refractivity contribution in [2.24, 2.45) is 0 Å². The molecule has 0 aliphatic rings. The first kappa shape index (κ1) is 12.1. The first-order chi connectivity index (χ1) is 6.70. The molecule has 0 amide bonds. The topological polar surface area (TPSA) is 60.7 Å². The molecular weight excluding hydrogens is 268 g/mol. The van der Waals surface area contributed by atoms with Gasteiger partial charge in [-0.05, 0) is 23.4 Å². The van der Waals surface area contributed by atoms with Gasteiger partial charge in [-0.2, -0.15) is 0 Å². The number of thiophene rings is 1. The van der Waals surface area contributed by atoms with Crippen LogP contribution in [0.15, 0.2) is 11.4 Å². The minimum absolute atomic E-state index is 0.0922. The second kappa shape index (κ2) is 5.82. The summed E-state index contributed by atoms with van der Waals surface area (Å²) in [5, 5.41) is 30.7. The molecule has 1 aromatic heterocycles. The van der Waals surface area contributed by atoms with Gasteiger partial charge in [-0.15, -0.1) is 11.3 Å². The van der Waals surface area contributed by atoms with E-state index in [1.165, 1.54) is 11.3 Å². The van der Waals surface area contributed by atoms with Crippen molar-refractivity contribution in [1.82, 2.24) is 0 Å². The van der Waals surface area contributed by atoms with Crippen molar-refractivity contribution in [3.63, 3.8) is 0 Å². The normalized spacial score (nSPS) is 15.4. The van der Waals surface area contributed by atoms with Crippen LogP contribution in [0, 0.1) is 0 Å². The molecule has 14 heavy (non-hydrogen) atoms. The fourth-order valence-electron chi connectivity index (χ4n) is 1.22. The van der Waals surface area contributed by atoms with Gasteiger partial charge in [0.1, 0.15) is 6.10 Å². The maximum Gasteiger partial charge on any atom is 0.106 e. The second-order valence-corrected chi connectivity index (χ2v) is 4.74. The SMILES string of the molecule is OCc1sccc1C(O)C(O)CCBr. The standard InChI is InChI=1S/C9H13BrO3S/c10-3-1-7(12)9(13)6-2-4-14-8(6)5-11/h2,4,7,9,11-13H,1,3,5H2. The van der Waals surface area contributed by atoms with Gasteiger partial charge in [0.15, 0.2) is 0 Å². The molecule has 5 heteroatoms. The number of hydrogen-bond donors (Lipinski definition) is 3. The minimum Gasteiger partial charge on any atom is -0.391 e. The van der Waals surface area contributed by atoms with Gasteiger partial charge in [0.05, 0.1) is 12.7 Å². The molecule has 0 bridgehead atoms. The quantitative estimate of drug-likeness (QED) is 0.715. The molecule has 1 rings (SSSR count). The molecule has 0 fully saturated rings. The molecule has 1 heterocycles. The first-order valence-corrected chi connectivity index (χ1v) is 6.30. The lowest BCUT2D eigenvalue weighted by Gasteiger charge is -2.17. The van der Waals surface area contributed by atoms with Crippen molar-refractivity contribution < 1.29 is 15.3 Å². The average Bonchev–Trinajstić information content (AvgIpc) is 2.64. The van der Waals surface area contributed by atoms with Crippen LogP contribution in [-0.4, -0.2) is 26.8 Å². The van der Waals surface area contributed by atoms with Crippen LogP contribution in [0.3, 0.4) is 0 Å². The van der Waals surface area contributed by atoms with Gasteiger partial charge in [-0.25, -0.2) is 0 Å². The Morgan fingerprint density at radius 1 is 1.43 bits per heavy atom. The number of rotatable bonds is 5. The lowest BCUT2D eigenvalue weighted by molar-refractivity contribution is 0.0166. The summed E-state index contributed by atoms with van der Waals surface area (Å²) in [5.41, 5.74) is 0.631. The number of aliphatic hydroxyl groups is 3. The number of aliphatic hydroxyl groups excluding tert-OH is 3. The van der Waals surface area contributed by atoms with E-state index < -0.39 is 12.2 Å². The number of halogens is 1. The van der Waals surface area contributed by atoms with E-state index in [0.29, 0.717) is 22.2 Å². The van der Waals surface area contributed by atoms with Gasteiger partial charge in [-0.3, -0.25) is 0 Å². The molecule has 0 radical (unpaired) electrons. The van der Waals surface area contributed by atoms with E-state index in [9.17, 15) is 10.2 Å². The van der Waals surface area contributed by atoms with E-state index in [1.54, 1.807) is 11.4 Å². The van der Waals surface area contributed by atoms with E-state index in [0.717, 1.165) is 0 Å². The van der Waals surface area contributed by atoms with Gasteiger partial charge < -0.3 is 15.3 Å². The van der Waals surface area contributed by atoms with Crippen LogP contribution in [0.1, 0.15) is 23.0 Å². The molecule has 0 aliphatic heterocycles. The zero-order chi connectivity index (χ0) is 10.6. The van der Waals surface area contributed by atoms with Crippen LogP contribution >= 0.6 is 27.3 Å². The van der Waals surface area contributed by atoms with Crippen molar-refractivity contribution >= 4 is 27.3 Å². The smallest absolute Gasteiger partial charge is 0.106 e. The number of hydrogen-bond acceptors (Lipinski definition) is 4. The molecule has 3 N–H and O–H groups in total. The fourth-order valence-corrected chi connectivity index (χ4v) is 2.47. The van der Waals surface area contributed by atoms with Gasteiger partial charge >= 0.3 is 0 Å². The Bertz CT molecular complexity index is 277. The summed E-state index contributed by atoms with van der Waals surface area (Å²) in [6.45, 7) is -0.0922. The number of alkyl halides is 1. The van der Waals surface area contributed by atoms with Crippen molar-refractivity contribution in [3.05, 3.63) is 21.9 Å². The monoisotopic (exact) mass is 280 g/mol. The summed E-state index contributed by atoms with van der Waals surface area (Å²) in [6.07, 6.45) is -1.20. The predicted octanol–water partition coefficient (Wildman–Crippen LogP) is 1.42. The van der Waals surface area contributed by atoms with E-state index in [1.807, 2.05) is 0 Å². The van der Waals surface area contributed by atoms with E-state index >= 15 is 0 Å². The van der Waals surface area contributed by atoms with Crippen LogP contribution < -0.4 is 0 Å². The van der Waals surface area contributed by atoms with Crippen LogP contribution in [0.2, 0.25) is 0 Å². The molecular formula is C9H13BrO3S. The van der Waals surface area contributed by atoms with Crippen molar-refractivity contribution in [3.8, 4) is 0 Å². The highest BCUT2D eigenvalue weighted by molar-refractivity contribution is 9.09. The molecule has 0 aromatic carbocycles. The van der Waals surface area contributed by atoms with Gasteiger partial charge in [-0.1, -0.05) is 15.9 Å². The highest BCUT2D eigenvalue weighted by Crippen LogP contribution is 2.27. The summed E-state index contributed by atoms with van der Waals surface area (Å²) >= 11 is 4.58. The molecule has 0 saturated heterocycles. The van der Waals surface area contributed by atoms with Crippen molar-refractivity contribution in [2.75, 3.05) is 5.33 Å². The Morgan fingerprint density at radius 2 is 2.14 bits per heavy atom. The summed E-state index contributed by atoms with van der Waals surface area (Å²) in [6, 6.07) is 1.73. The molecule has 1 aromatic rings. The van der Waals surface area contributed by atoms with Crippen molar-refractivity contribution in [2.45, 2.75) is 25.2 Å². The van der Waals surface area contributed by atoms with E-state index in [2.05, 4.69) is 15.9 Å². The third-order valence-electron chi connectivity index (χ3n) is 2.01. The van der Waals surface area contributed by atoms with Crippen LogP contribution in [0.4, 0.5) is 0 Å². The largest absolute Gasteiger partial charge is 0.391 e. The van der Waals surface area contributed by atoms with E-state index in [4.69, 9.17) is 5.11 Å². The first-order valence-electron chi connectivity index (χ1n) is 4.30. The molecule has 0 aliphatic carbocycles. The lowest BCUT2D eigenvalue weighted by Crippen LogP contribution is -2.19. The van der Waals surface area contributed by atoms with Gasteiger partial charge in [0, 0.05) is 10.2 Å². The molecule has 2 unspecified atom stereocenters. The Morgan fingerprint density at radius 3 is 2.71 bits per heavy atom. The van der Waals surface area contributed by atoms with E-state index in [-0.39, 0.29) is 6.61 Å². The van der Waals surface area contributed by atoms with Crippen molar-refractivity contribution in [1.29, 1.82) is 0 Å². The second-order valence-electron chi connectivity index (χ2n) is 2.95. The highest BCUT2D eigenvalue weighted by atomic mass is 79.9. The maximum atomic E-state index is 9.75. The molecule has 3 nitrogen and oxygen atoms in total. The Labute approximate surface area is 95.1 Å². The summed E-state index contributed by atoms with van der Waals surface area (Å²) in [7, 11) is 0. The molecule has 2 atom stereocenters.